The smallest absolute Gasteiger partial charge is 0.186 e. The van der Waals surface area contributed by atoms with E-state index in [0.717, 1.165) is 47.5 Å². The predicted molar refractivity (Wildman–Crippen MR) is 104 cm³/mol. The average Bonchev–Trinajstić information content (AvgIpc) is 2.58. The van der Waals surface area contributed by atoms with Gasteiger partial charge in [-0.2, -0.15) is 0 Å². The van der Waals surface area contributed by atoms with Crippen molar-refractivity contribution in [1.82, 2.24) is 0 Å². The topological polar surface area (TPSA) is 20.3 Å². The molecule has 1 heterocycles. The zero-order valence-corrected chi connectivity index (χ0v) is 15.4. The first kappa shape index (κ1) is 16.7. The van der Waals surface area contributed by atoms with Crippen molar-refractivity contribution in [1.29, 1.82) is 0 Å². The quantitative estimate of drug-likeness (QED) is 0.705. The van der Waals surface area contributed by atoms with Gasteiger partial charge in [-0.25, -0.2) is 0 Å². The molecule has 1 aliphatic carbocycles. The van der Waals surface area contributed by atoms with Gasteiger partial charge in [-0.1, -0.05) is 12.1 Å². The molecule has 2 fully saturated rings. The van der Waals surface area contributed by atoms with Crippen LogP contribution in [0.15, 0.2) is 39.6 Å². The van der Waals surface area contributed by atoms with Crippen LogP contribution >= 0.6 is 23.5 Å². The van der Waals surface area contributed by atoms with Crippen LogP contribution in [-0.4, -0.2) is 31.4 Å². The highest BCUT2D eigenvalue weighted by molar-refractivity contribution is 8.22. The van der Waals surface area contributed by atoms with Gasteiger partial charge in [0.15, 0.2) is 5.78 Å². The molecule has 3 rings (SSSR count). The van der Waals surface area contributed by atoms with Gasteiger partial charge in [0, 0.05) is 35.2 Å². The fraction of sp³-hybridized carbons (Fsp3) is 0.421. The monoisotopic (exact) mass is 345 g/mol. The normalized spacial score (nSPS) is 21.0. The van der Waals surface area contributed by atoms with E-state index < -0.39 is 0 Å². The lowest BCUT2D eigenvalue weighted by Gasteiger charge is -2.22. The number of benzene rings is 1. The fourth-order valence-electron chi connectivity index (χ4n) is 2.88. The van der Waals surface area contributed by atoms with E-state index in [1.165, 1.54) is 16.3 Å². The molecule has 1 aromatic carbocycles. The van der Waals surface area contributed by atoms with E-state index in [4.69, 9.17) is 0 Å². The molecule has 0 N–H and O–H groups in total. The van der Waals surface area contributed by atoms with Gasteiger partial charge >= 0.3 is 0 Å². The largest absolute Gasteiger partial charge is 0.378 e. The minimum atomic E-state index is 0.282. The van der Waals surface area contributed by atoms with Gasteiger partial charge in [0.05, 0.1) is 0 Å². The van der Waals surface area contributed by atoms with E-state index >= 15 is 0 Å². The number of Topliss-reactive ketones (excluding diaryl/α,β-unsaturated/α-hetero) is 1. The maximum Gasteiger partial charge on any atom is 0.186 e. The molecular formula is C19H23NOS2. The van der Waals surface area contributed by atoms with Gasteiger partial charge in [0.25, 0.3) is 0 Å². The molecule has 0 amide bonds. The Labute approximate surface area is 147 Å². The van der Waals surface area contributed by atoms with Crippen molar-refractivity contribution in [2.75, 3.05) is 30.5 Å². The Morgan fingerprint density at radius 3 is 2.35 bits per heavy atom. The number of nitrogens with zero attached hydrogens (tertiary/aromatic N) is 1. The van der Waals surface area contributed by atoms with Crippen molar-refractivity contribution in [3.8, 4) is 0 Å². The first-order chi connectivity index (χ1) is 11.1. The van der Waals surface area contributed by atoms with Crippen molar-refractivity contribution in [3.05, 3.63) is 45.2 Å². The predicted octanol–water partition coefficient (Wildman–Crippen LogP) is 4.97. The summed E-state index contributed by atoms with van der Waals surface area (Å²) < 4.78 is 1.29. The molecule has 1 aliphatic heterocycles. The van der Waals surface area contributed by atoms with Gasteiger partial charge in [-0.3, -0.25) is 4.79 Å². The van der Waals surface area contributed by atoms with Crippen molar-refractivity contribution < 1.29 is 4.79 Å². The van der Waals surface area contributed by atoms with Crippen molar-refractivity contribution in [2.24, 2.45) is 0 Å². The number of hydrogen-bond acceptors (Lipinski definition) is 4. The van der Waals surface area contributed by atoms with Crippen LogP contribution in [0.4, 0.5) is 5.69 Å². The number of rotatable bonds is 2. The summed E-state index contributed by atoms with van der Waals surface area (Å²) in [6.45, 7) is 0. The zero-order valence-electron chi connectivity index (χ0n) is 13.8. The number of carbonyl (C=O) groups is 1. The van der Waals surface area contributed by atoms with E-state index in [1.807, 2.05) is 37.6 Å². The summed E-state index contributed by atoms with van der Waals surface area (Å²) in [7, 11) is 4.08. The maximum atomic E-state index is 12.8. The Balaban J connectivity index is 1.82. The molecule has 0 unspecified atom stereocenters. The van der Waals surface area contributed by atoms with Gasteiger partial charge in [-0.05, 0) is 61.0 Å². The van der Waals surface area contributed by atoms with Gasteiger partial charge < -0.3 is 4.90 Å². The summed E-state index contributed by atoms with van der Waals surface area (Å²) in [5.41, 5.74) is 4.35. The molecule has 1 aromatic rings. The number of thioether (sulfide) groups is 2. The molecular weight excluding hydrogens is 322 g/mol. The molecule has 2 aliphatic rings. The van der Waals surface area contributed by atoms with E-state index in [0.29, 0.717) is 0 Å². The van der Waals surface area contributed by atoms with Crippen LogP contribution in [0.1, 0.15) is 31.2 Å². The molecule has 1 saturated carbocycles. The molecule has 2 nitrogen and oxygen atoms in total. The third kappa shape index (κ3) is 4.04. The van der Waals surface area contributed by atoms with Gasteiger partial charge in [-0.15, -0.1) is 23.5 Å². The van der Waals surface area contributed by atoms with Crippen molar-refractivity contribution in [2.45, 2.75) is 25.7 Å². The molecule has 0 aromatic heterocycles. The maximum absolute atomic E-state index is 12.8. The second-order valence-electron chi connectivity index (χ2n) is 6.15. The van der Waals surface area contributed by atoms with Gasteiger partial charge in [0.2, 0.25) is 0 Å². The van der Waals surface area contributed by atoms with E-state index in [1.54, 1.807) is 0 Å². The Bertz CT molecular complexity index is 636. The molecule has 4 heteroatoms. The Kier molecular flexibility index (Phi) is 5.54. The molecule has 0 spiro atoms. The molecule has 0 atom stereocenters. The summed E-state index contributed by atoms with van der Waals surface area (Å²) in [5.74, 6) is 2.60. The zero-order chi connectivity index (χ0) is 16.2. The van der Waals surface area contributed by atoms with Crippen LogP contribution < -0.4 is 4.90 Å². The molecule has 23 heavy (non-hydrogen) atoms. The lowest BCUT2D eigenvalue weighted by molar-refractivity contribution is -0.112. The Morgan fingerprint density at radius 1 is 1.00 bits per heavy atom. The highest BCUT2D eigenvalue weighted by Gasteiger charge is 2.25. The summed E-state index contributed by atoms with van der Waals surface area (Å²) in [4.78, 5) is 14.9. The van der Waals surface area contributed by atoms with Crippen molar-refractivity contribution >= 4 is 41.1 Å². The first-order valence-corrected chi connectivity index (χ1v) is 10.1. The molecule has 1 saturated heterocycles. The van der Waals surface area contributed by atoms with E-state index in [-0.39, 0.29) is 5.78 Å². The number of carbonyl (C=O) groups excluding carboxylic acids is 1. The molecule has 0 bridgehead atoms. The highest BCUT2D eigenvalue weighted by Crippen LogP contribution is 2.41. The van der Waals surface area contributed by atoms with Crippen LogP contribution in [0.25, 0.3) is 6.08 Å². The molecule has 122 valence electrons. The van der Waals surface area contributed by atoms with Crippen LogP contribution in [0, 0.1) is 0 Å². The second-order valence-corrected chi connectivity index (χ2v) is 8.62. The first-order valence-electron chi connectivity index (χ1n) is 8.16. The lowest BCUT2D eigenvalue weighted by Crippen LogP contribution is -2.14. The number of hydrogen-bond donors (Lipinski definition) is 0. The van der Waals surface area contributed by atoms with E-state index in [2.05, 4.69) is 35.2 Å². The van der Waals surface area contributed by atoms with Crippen LogP contribution in [0.5, 0.6) is 0 Å². The number of ketones is 1. The van der Waals surface area contributed by atoms with Crippen molar-refractivity contribution in [3.63, 3.8) is 0 Å². The fourth-order valence-corrected chi connectivity index (χ4v) is 5.59. The minimum Gasteiger partial charge on any atom is -0.378 e. The third-order valence-electron chi connectivity index (χ3n) is 4.19. The Morgan fingerprint density at radius 2 is 1.70 bits per heavy atom. The summed E-state index contributed by atoms with van der Waals surface area (Å²) in [6, 6.07) is 8.40. The third-order valence-corrected chi connectivity index (χ3v) is 6.90. The van der Waals surface area contributed by atoms with Crippen LogP contribution in [0.3, 0.4) is 0 Å². The second kappa shape index (κ2) is 7.63. The summed E-state index contributed by atoms with van der Waals surface area (Å²) in [6.07, 6.45) is 6.28. The SMILES string of the molecule is CN(C)c1ccc(C=C2CCCC(=C3SCCCS3)C2=O)cc1. The van der Waals surface area contributed by atoms with E-state index in [9.17, 15) is 4.79 Å². The number of anilines is 1. The lowest BCUT2D eigenvalue weighted by atomic mass is 9.88. The average molecular weight is 346 g/mol. The van der Waals surface area contributed by atoms with Crippen LogP contribution in [-0.2, 0) is 4.79 Å². The molecule has 0 radical (unpaired) electrons. The standard InChI is InChI=1S/C19H23NOS2/c1-20(2)16-9-7-14(8-10-16)13-15-5-3-6-17(18(15)21)19-22-11-4-12-23-19/h7-10,13H,3-6,11-12H2,1-2H3. The summed E-state index contributed by atoms with van der Waals surface area (Å²) in [5, 5.41) is 0. The Hall–Kier alpha value is -1.13. The minimum absolute atomic E-state index is 0.282. The summed E-state index contributed by atoms with van der Waals surface area (Å²) >= 11 is 3.75. The van der Waals surface area contributed by atoms with Gasteiger partial charge in [0.1, 0.15) is 0 Å². The van der Waals surface area contributed by atoms with Crippen LogP contribution in [0.2, 0.25) is 0 Å². The highest BCUT2D eigenvalue weighted by atomic mass is 32.2. The number of allylic oxidation sites excluding steroid dienone is 2.